The number of aliphatic carboxylic acids is 1. The number of para-hydroxylation sites is 1. The van der Waals surface area contributed by atoms with Crippen molar-refractivity contribution in [1.29, 1.82) is 0 Å². The highest BCUT2D eigenvalue weighted by Crippen LogP contribution is 2.43. The molecule has 2 aliphatic rings. The fraction of sp³-hybridized carbons (Fsp3) is 0.444. The molecule has 120 valence electrons. The maximum Gasteiger partial charge on any atom is 0.306 e. The lowest BCUT2D eigenvalue weighted by atomic mass is 9.96. The molecule has 0 spiro atoms. The van der Waals surface area contributed by atoms with Gasteiger partial charge in [-0.15, -0.1) is 0 Å². The fourth-order valence-corrected chi connectivity index (χ4v) is 3.89. The van der Waals surface area contributed by atoms with Gasteiger partial charge in [0.05, 0.1) is 11.4 Å². The van der Waals surface area contributed by atoms with E-state index in [9.17, 15) is 9.90 Å². The van der Waals surface area contributed by atoms with Crippen LogP contribution in [0.5, 0.6) is 0 Å². The summed E-state index contributed by atoms with van der Waals surface area (Å²) >= 11 is 3.63. The van der Waals surface area contributed by atoms with Gasteiger partial charge in [0, 0.05) is 40.2 Å². The number of carboxylic acid groups (broad SMARTS) is 1. The number of fused-ring (bicyclic) bond motifs is 1. The number of carboxylic acids is 1. The molecule has 4 nitrogen and oxygen atoms in total. The van der Waals surface area contributed by atoms with Gasteiger partial charge in [-0.05, 0) is 53.7 Å². The predicted octanol–water partition coefficient (Wildman–Crippen LogP) is 4.18. The van der Waals surface area contributed by atoms with Gasteiger partial charge in [-0.3, -0.25) is 9.78 Å². The standard InChI is InChI=1S/C18H19BrN2O2/c19-14-3-1-2-13-16(10-15(11-4-5-11)20-17(13)14)21-8-6-12(7-9-21)18(22)23/h1-3,10-12H,4-9H2,(H,22,23). The lowest BCUT2D eigenvalue weighted by Crippen LogP contribution is -2.36. The Hall–Kier alpha value is -1.62. The molecular weight excluding hydrogens is 356 g/mol. The molecule has 0 radical (unpaired) electrons. The molecule has 2 fully saturated rings. The van der Waals surface area contributed by atoms with Gasteiger partial charge in [-0.25, -0.2) is 0 Å². The first-order valence-electron chi connectivity index (χ1n) is 8.20. The van der Waals surface area contributed by atoms with Crippen molar-refractivity contribution >= 4 is 38.5 Å². The number of rotatable bonds is 3. The molecule has 1 aromatic heterocycles. The molecule has 1 saturated carbocycles. The Bertz CT molecular complexity index is 765. The van der Waals surface area contributed by atoms with E-state index in [0.29, 0.717) is 18.8 Å². The van der Waals surface area contributed by atoms with Gasteiger partial charge in [0.25, 0.3) is 0 Å². The highest BCUT2D eigenvalue weighted by atomic mass is 79.9. The first-order chi connectivity index (χ1) is 11.1. The topological polar surface area (TPSA) is 53.4 Å². The Kier molecular flexibility index (Phi) is 3.76. The Labute approximate surface area is 143 Å². The fourth-order valence-electron chi connectivity index (χ4n) is 3.43. The van der Waals surface area contributed by atoms with Crippen LogP contribution in [0.3, 0.4) is 0 Å². The number of hydrogen-bond donors (Lipinski definition) is 1. The van der Waals surface area contributed by atoms with Crippen molar-refractivity contribution in [3.05, 3.63) is 34.4 Å². The van der Waals surface area contributed by atoms with Gasteiger partial charge >= 0.3 is 5.97 Å². The van der Waals surface area contributed by atoms with Gasteiger partial charge in [0.1, 0.15) is 0 Å². The number of piperidine rings is 1. The van der Waals surface area contributed by atoms with Crippen molar-refractivity contribution in [2.75, 3.05) is 18.0 Å². The van der Waals surface area contributed by atoms with Crippen LogP contribution in [-0.4, -0.2) is 29.1 Å². The molecule has 0 unspecified atom stereocenters. The second kappa shape index (κ2) is 5.78. The van der Waals surface area contributed by atoms with Gasteiger partial charge in [-0.2, -0.15) is 0 Å². The van der Waals surface area contributed by atoms with E-state index < -0.39 is 5.97 Å². The molecule has 23 heavy (non-hydrogen) atoms. The van der Waals surface area contributed by atoms with E-state index in [2.05, 4.69) is 33.0 Å². The highest BCUT2D eigenvalue weighted by Gasteiger charge is 2.29. The highest BCUT2D eigenvalue weighted by molar-refractivity contribution is 9.10. The van der Waals surface area contributed by atoms with E-state index in [1.54, 1.807) is 0 Å². The number of benzene rings is 1. The van der Waals surface area contributed by atoms with Crippen LogP contribution in [0.15, 0.2) is 28.7 Å². The molecule has 0 atom stereocenters. The van der Waals surface area contributed by atoms with E-state index >= 15 is 0 Å². The maximum absolute atomic E-state index is 11.2. The molecule has 2 aromatic rings. The van der Waals surface area contributed by atoms with Crippen LogP contribution in [-0.2, 0) is 4.79 Å². The van der Waals surface area contributed by atoms with Gasteiger partial charge in [-0.1, -0.05) is 12.1 Å². The van der Waals surface area contributed by atoms with Crippen LogP contribution in [0, 0.1) is 5.92 Å². The summed E-state index contributed by atoms with van der Waals surface area (Å²) in [5.74, 6) is -0.263. The van der Waals surface area contributed by atoms with Crippen molar-refractivity contribution in [2.45, 2.75) is 31.6 Å². The van der Waals surface area contributed by atoms with E-state index in [1.807, 2.05) is 12.1 Å². The second-order valence-corrected chi connectivity index (χ2v) is 7.43. The number of halogens is 1. The van der Waals surface area contributed by atoms with E-state index in [-0.39, 0.29) is 5.92 Å². The van der Waals surface area contributed by atoms with E-state index in [0.717, 1.165) is 28.5 Å². The zero-order valence-electron chi connectivity index (χ0n) is 12.8. The minimum Gasteiger partial charge on any atom is -0.481 e. The molecule has 1 aromatic carbocycles. The predicted molar refractivity (Wildman–Crippen MR) is 94.0 cm³/mol. The van der Waals surface area contributed by atoms with Crippen LogP contribution in [0.25, 0.3) is 10.9 Å². The minimum atomic E-state index is -0.661. The van der Waals surface area contributed by atoms with Crippen molar-refractivity contribution < 1.29 is 9.90 Å². The van der Waals surface area contributed by atoms with Crippen LogP contribution in [0.1, 0.15) is 37.3 Å². The van der Waals surface area contributed by atoms with Crippen LogP contribution in [0.4, 0.5) is 5.69 Å². The van der Waals surface area contributed by atoms with Crippen molar-refractivity contribution in [2.24, 2.45) is 5.92 Å². The Morgan fingerprint density at radius 1 is 1.22 bits per heavy atom. The zero-order valence-corrected chi connectivity index (χ0v) is 14.4. The smallest absolute Gasteiger partial charge is 0.306 e. The zero-order chi connectivity index (χ0) is 16.0. The lowest BCUT2D eigenvalue weighted by Gasteiger charge is -2.33. The molecule has 0 bridgehead atoms. The first kappa shape index (κ1) is 14.9. The number of nitrogens with zero attached hydrogens (tertiary/aromatic N) is 2. The SMILES string of the molecule is O=C(O)C1CCN(c2cc(C3CC3)nc3c(Br)cccc23)CC1. The van der Waals surface area contributed by atoms with Gasteiger partial charge < -0.3 is 10.0 Å². The van der Waals surface area contributed by atoms with E-state index in [4.69, 9.17) is 4.98 Å². The summed E-state index contributed by atoms with van der Waals surface area (Å²) < 4.78 is 1.03. The van der Waals surface area contributed by atoms with E-state index in [1.165, 1.54) is 24.2 Å². The van der Waals surface area contributed by atoms with Crippen molar-refractivity contribution in [3.63, 3.8) is 0 Å². The Balaban J connectivity index is 1.74. The average molecular weight is 375 g/mol. The van der Waals surface area contributed by atoms with Crippen LogP contribution < -0.4 is 4.90 Å². The lowest BCUT2D eigenvalue weighted by molar-refractivity contribution is -0.142. The second-order valence-electron chi connectivity index (χ2n) is 6.58. The molecule has 1 aliphatic heterocycles. The third-order valence-electron chi connectivity index (χ3n) is 4.97. The summed E-state index contributed by atoms with van der Waals surface area (Å²) in [6.07, 6.45) is 3.88. The summed E-state index contributed by atoms with van der Waals surface area (Å²) in [7, 11) is 0. The van der Waals surface area contributed by atoms with Crippen molar-refractivity contribution in [1.82, 2.24) is 4.98 Å². The van der Waals surface area contributed by atoms with Crippen LogP contribution in [0.2, 0.25) is 0 Å². The first-order valence-corrected chi connectivity index (χ1v) is 8.99. The molecule has 5 heteroatoms. The van der Waals surface area contributed by atoms with Crippen molar-refractivity contribution in [3.8, 4) is 0 Å². The molecular formula is C18H19BrN2O2. The molecule has 4 rings (SSSR count). The van der Waals surface area contributed by atoms with Gasteiger partial charge in [0.2, 0.25) is 0 Å². The molecule has 1 saturated heterocycles. The number of aromatic nitrogens is 1. The maximum atomic E-state index is 11.2. The van der Waals surface area contributed by atoms with Gasteiger partial charge in [0.15, 0.2) is 0 Å². The number of carbonyl (C=O) groups is 1. The molecule has 2 heterocycles. The summed E-state index contributed by atoms with van der Waals surface area (Å²) in [6.45, 7) is 1.60. The molecule has 1 N–H and O–H groups in total. The third kappa shape index (κ3) is 2.82. The summed E-state index contributed by atoms with van der Waals surface area (Å²) in [4.78, 5) is 18.4. The van der Waals surface area contributed by atoms with Crippen LogP contribution >= 0.6 is 15.9 Å². The number of anilines is 1. The quantitative estimate of drug-likeness (QED) is 0.875. The summed E-state index contributed by atoms with van der Waals surface area (Å²) in [6, 6.07) is 8.42. The number of hydrogen-bond acceptors (Lipinski definition) is 3. The minimum absolute atomic E-state index is 0.200. The average Bonchev–Trinajstić information content (AvgIpc) is 3.39. The summed E-state index contributed by atoms with van der Waals surface area (Å²) in [5.41, 5.74) is 3.41. The summed E-state index contributed by atoms with van der Waals surface area (Å²) in [5, 5.41) is 10.3. The molecule has 0 amide bonds. The Morgan fingerprint density at radius 2 is 1.96 bits per heavy atom. The Morgan fingerprint density at radius 3 is 2.61 bits per heavy atom. The number of pyridine rings is 1. The third-order valence-corrected chi connectivity index (χ3v) is 5.61. The normalized spacial score (nSPS) is 19.3. The monoisotopic (exact) mass is 374 g/mol. The molecule has 1 aliphatic carbocycles. The largest absolute Gasteiger partial charge is 0.481 e.